The summed E-state index contributed by atoms with van der Waals surface area (Å²) in [6.07, 6.45) is 0. The molecule has 8 atom stereocenters. The van der Waals surface area contributed by atoms with Crippen LogP contribution in [0.2, 0.25) is 0 Å². The number of likely N-dealkylation sites (N-methyl/N-ethyl adjacent to an activating group) is 4. The molecule has 0 spiro atoms. The minimum Gasteiger partial charge on any atom is -0.298 e. The molecule has 1 aliphatic heterocycles. The fraction of sp³-hybridized carbons (Fsp3) is 1.00. The van der Waals surface area contributed by atoms with Crippen LogP contribution in [0.3, 0.4) is 0 Å². The molecule has 4 heteroatoms. The third-order valence-corrected chi connectivity index (χ3v) is 7.93. The molecule has 0 aliphatic carbocycles. The van der Waals surface area contributed by atoms with Gasteiger partial charge in [0.2, 0.25) is 0 Å². The number of nitrogens with zero attached hydrogens (tertiary/aromatic N) is 4. The van der Waals surface area contributed by atoms with Gasteiger partial charge in [0.25, 0.3) is 0 Å². The van der Waals surface area contributed by atoms with E-state index in [4.69, 9.17) is 0 Å². The Labute approximate surface area is 152 Å². The van der Waals surface area contributed by atoms with Crippen molar-refractivity contribution in [2.75, 3.05) is 28.2 Å². The van der Waals surface area contributed by atoms with E-state index >= 15 is 0 Å². The Morgan fingerprint density at radius 2 is 0.375 bits per heavy atom. The van der Waals surface area contributed by atoms with Gasteiger partial charge in [0.1, 0.15) is 0 Å². The van der Waals surface area contributed by atoms with E-state index in [0.717, 1.165) is 0 Å². The fourth-order valence-electron chi connectivity index (χ4n) is 4.21. The highest BCUT2D eigenvalue weighted by molar-refractivity contribution is 4.93. The zero-order valence-electron chi connectivity index (χ0n) is 18.4. The van der Waals surface area contributed by atoms with E-state index in [1.54, 1.807) is 0 Å². The van der Waals surface area contributed by atoms with E-state index < -0.39 is 0 Å². The molecule has 0 radical (unpaired) electrons. The van der Waals surface area contributed by atoms with Gasteiger partial charge in [-0.25, -0.2) is 0 Å². The summed E-state index contributed by atoms with van der Waals surface area (Å²) in [5.74, 6) is 0. The summed E-state index contributed by atoms with van der Waals surface area (Å²) in [7, 11) is 9.18. The maximum absolute atomic E-state index is 2.57. The maximum atomic E-state index is 2.57. The van der Waals surface area contributed by atoms with Crippen LogP contribution in [0.4, 0.5) is 0 Å². The lowest BCUT2D eigenvalue weighted by Gasteiger charge is -2.50. The molecule has 0 aromatic carbocycles. The number of rotatable bonds is 0. The lowest BCUT2D eigenvalue weighted by Crippen LogP contribution is -2.62. The average molecular weight is 341 g/mol. The van der Waals surface area contributed by atoms with Crippen LogP contribution in [0.5, 0.6) is 0 Å². The van der Waals surface area contributed by atoms with Crippen molar-refractivity contribution in [1.29, 1.82) is 0 Å². The minimum absolute atomic E-state index is 0.521. The molecule has 1 heterocycles. The van der Waals surface area contributed by atoms with E-state index in [-0.39, 0.29) is 0 Å². The second-order valence-electron chi connectivity index (χ2n) is 8.59. The van der Waals surface area contributed by atoms with Crippen molar-refractivity contribution in [2.45, 2.75) is 104 Å². The van der Waals surface area contributed by atoms with Crippen LogP contribution < -0.4 is 0 Å². The van der Waals surface area contributed by atoms with Gasteiger partial charge in [-0.2, -0.15) is 0 Å². The van der Waals surface area contributed by atoms with E-state index in [9.17, 15) is 0 Å². The van der Waals surface area contributed by atoms with Gasteiger partial charge >= 0.3 is 0 Å². The van der Waals surface area contributed by atoms with Crippen molar-refractivity contribution >= 4 is 0 Å². The molecule has 1 fully saturated rings. The zero-order chi connectivity index (χ0) is 18.9. The standard InChI is InChI=1S/C20H44N4/c1-13-14(2)22(10)17(5)18(6)24(12)20(8)19(7)23(11)16(4)15(3)21(13)9/h13-20H,1-12H3. The van der Waals surface area contributed by atoms with Gasteiger partial charge in [0.05, 0.1) is 0 Å². The Morgan fingerprint density at radius 1 is 0.292 bits per heavy atom. The average Bonchev–Trinajstić information content (AvgIpc) is 2.59. The predicted molar refractivity (Wildman–Crippen MR) is 107 cm³/mol. The van der Waals surface area contributed by atoms with E-state index in [2.05, 4.69) is 103 Å². The van der Waals surface area contributed by atoms with Crippen LogP contribution >= 0.6 is 0 Å². The van der Waals surface area contributed by atoms with Crippen molar-refractivity contribution in [3.63, 3.8) is 0 Å². The molecule has 24 heavy (non-hydrogen) atoms. The van der Waals surface area contributed by atoms with E-state index in [1.807, 2.05) is 0 Å². The quantitative estimate of drug-likeness (QED) is 0.672. The van der Waals surface area contributed by atoms with Crippen LogP contribution in [0, 0.1) is 0 Å². The molecule has 0 amide bonds. The predicted octanol–water partition coefficient (Wildman–Crippen LogP) is 2.84. The summed E-state index contributed by atoms with van der Waals surface area (Å²) in [5, 5.41) is 0. The van der Waals surface area contributed by atoms with Gasteiger partial charge < -0.3 is 0 Å². The molecule has 0 aromatic heterocycles. The first-order chi connectivity index (χ1) is 10.9. The van der Waals surface area contributed by atoms with Gasteiger partial charge in [-0.15, -0.1) is 0 Å². The van der Waals surface area contributed by atoms with Crippen molar-refractivity contribution in [3.8, 4) is 0 Å². The Bertz CT molecular complexity index is 235. The highest BCUT2D eigenvalue weighted by Gasteiger charge is 2.36. The van der Waals surface area contributed by atoms with Gasteiger partial charge in [0, 0.05) is 48.3 Å². The number of hydrogen-bond donors (Lipinski definition) is 0. The highest BCUT2D eigenvalue weighted by Crippen LogP contribution is 2.24. The third kappa shape index (κ3) is 4.14. The summed E-state index contributed by atoms with van der Waals surface area (Å²) in [6.45, 7) is 19.0. The van der Waals surface area contributed by atoms with E-state index in [0.29, 0.717) is 48.3 Å². The van der Waals surface area contributed by atoms with Gasteiger partial charge in [-0.05, 0) is 83.6 Å². The zero-order valence-corrected chi connectivity index (χ0v) is 18.4. The largest absolute Gasteiger partial charge is 0.298 e. The Morgan fingerprint density at radius 3 is 0.458 bits per heavy atom. The Balaban J connectivity index is 3.24. The Kier molecular flexibility index (Phi) is 7.73. The van der Waals surface area contributed by atoms with Crippen LogP contribution in [-0.4, -0.2) is 96.1 Å². The summed E-state index contributed by atoms with van der Waals surface area (Å²) in [4.78, 5) is 10.3. The molecule has 144 valence electrons. The third-order valence-electron chi connectivity index (χ3n) is 7.93. The lowest BCUT2D eigenvalue weighted by atomic mass is 9.96. The normalized spacial score (nSPS) is 46.5. The minimum atomic E-state index is 0.521. The lowest BCUT2D eigenvalue weighted by molar-refractivity contribution is -0.00949. The maximum Gasteiger partial charge on any atom is 0.0221 e. The second kappa shape index (κ2) is 8.48. The second-order valence-corrected chi connectivity index (χ2v) is 8.59. The highest BCUT2D eigenvalue weighted by atomic mass is 15.3. The van der Waals surface area contributed by atoms with Gasteiger partial charge in [-0.3, -0.25) is 19.6 Å². The van der Waals surface area contributed by atoms with Crippen molar-refractivity contribution in [2.24, 2.45) is 0 Å². The molecule has 0 bridgehead atoms. The summed E-state index contributed by atoms with van der Waals surface area (Å²) >= 11 is 0. The first-order valence-electron chi connectivity index (χ1n) is 9.81. The van der Waals surface area contributed by atoms with Gasteiger partial charge in [0.15, 0.2) is 0 Å². The monoisotopic (exact) mass is 340 g/mol. The van der Waals surface area contributed by atoms with Gasteiger partial charge in [-0.1, -0.05) is 0 Å². The molecular formula is C20H44N4. The molecule has 0 N–H and O–H groups in total. The van der Waals surface area contributed by atoms with Crippen molar-refractivity contribution < 1.29 is 0 Å². The number of hydrogen-bond acceptors (Lipinski definition) is 4. The molecule has 1 rings (SSSR count). The van der Waals surface area contributed by atoms with Crippen molar-refractivity contribution in [1.82, 2.24) is 19.6 Å². The molecular weight excluding hydrogens is 296 g/mol. The molecule has 1 saturated heterocycles. The summed E-state index contributed by atoms with van der Waals surface area (Å²) < 4.78 is 0. The first kappa shape index (κ1) is 21.9. The fourth-order valence-corrected chi connectivity index (χ4v) is 4.21. The van der Waals surface area contributed by atoms with Crippen LogP contribution in [0.25, 0.3) is 0 Å². The Hall–Kier alpha value is -0.160. The molecule has 4 nitrogen and oxygen atoms in total. The SMILES string of the molecule is CC1C(C)N(C)C(C)C(C)N(C)C(C)C(C)N(C)C(C)C(C)N1C. The summed E-state index contributed by atoms with van der Waals surface area (Å²) in [5.41, 5.74) is 0. The molecule has 0 aromatic rings. The van der Waals surface area contributed by atoms with Crippen LogP contribution in [0.1, 0.15) is 55.4 Å². The smallest absolute Gasteiger partial charge is 0.0221 e. The summed E-state index contributed by atoms with van der Waals surface area (Å²) in [6, 6.07) is 4.17. The van der Waals surface area contributed by atoms with Crippen molar-refractivity contribution in [3.05, 3.63) is 0 Å². The first-order valence-corrected chi connectivity index (χ1v) is 9.81. The molecule has 1 aliphatic rings. The van der Waals surface area contributed by atoms with Crippen LogP contribution in [0.15, 0.2) is 0 Å². The molecule has 8 unspecified atom stereocenters. The topological polar surface area (TPSA) is 13.0 Å². The molecule has 0 saturated carbocycles. The van der Waals surface area contributed by atoms with Crippen LogP contribution in [-0.2, 0) is 0 Å². The van der Waals surface area contributed by atoms with E-state index in [1.165, 1.54) is 0 Å².